The average Bonchev–Trinajstić information content (AvgIpc) is 2.37. The van der Waals surface area contributed by atoms with Crippen molar-refractivity contribution < 1.29 is 4.74 Å². The minimum Gasteiger partial charge on any atom is -0.479 e. The lowest BCUT2D eigenvalue weighted by molar-refractivity contribution is 0.314. The molecule has 0 aromatic carbocycles. The molecule has 0 fully saturated rings. The van der Waals surface area contributed by atoms with Crippen molar-refractivity contribution in [1.82, 2.24) is 0 Å². The van der Waals surface area contributed by atoms with E-state index in [9.17, 15) is 0 Å². The summed E-state index contributed by atoms with van der Waals surface area (Å²) in [6, 6.07) is 0.395. The average molecular weight is 155 g/mol. The molecule has 0 aromatic rings. The maximum absolute atomic E-state index is 5.36. The van der Waals surface area contributed by atoms with Gasteiger partial charge in [0.15, 0.2) is 5.90 Å². The number of rotatable bonds is 4. The molecule has 11 heavy (non-hydrogen) atoms. The lowest BCUT2D eigenvalue weighted by atomic mass is 10.2. The van der Waals surface area contributed by atoms with Crippen LogP contribution in [-0.4, -0.2) is 18.5 Å². The fraction of sp³-hybridized carbons (Fsp3) is 0.889. The van der Waals surface area contributed by atoms with E-state index in [4.69, 9.17) is 4.74 Å². The van der Waals surface area contributed by atoms with Gasteiger partial charge >= 0.3 is 0 Å². The number of unbranched alkanes of at least 4 members (excludes halogenated alkanes) is 2. The Morgan fingerprint density at radius 3 is 2.91 bits per heavy atom. The van der Waals surface area contributed by atoms with Crippen LogP contribution in [0.5, 0.6) is 0 Å². The first-order valence-electron chi connectivity index (χ1n) is 4.52. The van der Waals surface area contributed by atoms with Crippen molar-refractivity contribution >= 4 is 5.90 Å². The molecule has 1 aliphatic rings. The Balaban J connectivity index is 2.12. The Bertz CT molecular complexity index is 142. The van der Waals surface area contributed by atoms with Crippen LogP contribution in [0.3, 0.4) is 0 Å². The Hall–Kier alpha value is -0.530. The zero-order chi connectivity index (χ0) is 8.10. The molecule has 1 aliphatic heterocycles. The van der Waals surface area contributed by atoms with Crippen LogP contribution in [0.25, 0.3) is 0 Å². The minimum absolute atomic E-state index is 0.395. The number of nitrogens with zero attached hydrogens (tertiary/aromatic N) is 1. The fourth-order valence-corrected chi connectivity index (χ4v) is 1.20. The molecule has 1 rings (SSSR count). The van der Waals surface area contributed by atoms with Gasteiger partial charge in [-0.1, -0.05) is 19.8 Å². The third kappa shape index (κ3) is 2.91. The Morgan fingerprint density at radius 2 is 2.36 bits per heavy atom. The summed E-state index contributed by atoms with van der Waals surface area (Å²) in [5, 5.41) is 0. The Morgan fingerprint density at radius 1 is 1.55 bits per heavy atom. The van der Waals surface area contributed by atoms with E-state index < -0.39 is 0 Å². The second-order valence-electron chi connectivity index (χ2n) is 3.14. The molecule has 2 heteroatoms. The summed E-state index contributed by atoms with van der Waals surface area (Å²) in [6.45, 7) is 5.09. The van der Waals surface area contributed by atoms with E-state index in [0.29, 0.717) is 6.04 Å². The maximum atomic E-state index is 5.36. The summed E-state index contributed by atoms with van der Waals surface area (Å²) >= 11 is 0. The molecular weight excluding hydrogens is 138 g/mol. The molecule has 0 N–H and O–H groups in total. The van der Waals surface area contributed by atoms with E-state index in [1.807, 2.05) is 0 Å². The van der Waals surface area contributed by atoms with Gasteiger partial charge in [-0.05, 0) is 13.3 Å². The normalized spacial score (nSPS) is 23.1. The lowest BCUT2D eigenvalue weighted by Crippen LogP contribution is -2.00. The van der Waals surface area contributed by atoms with E-state index in [-0.39, 0.29) is 0 Å². The van der Waals surface area contributed by atoms with Crippen LogP contribution < -0.4 is 0 Å². The van der Waals surface area contributed by atoms with Gasteiger partial charge < -0.3 is 4.74 Å². The van der Waals surface area contributed by atoms with Crippen molar-refractivity contribution in [3.63, 3.8) is 0 Å². The first-order valence-corrected chi connectivity index (χ1v) is 4.52. The Labute approximate surface area is 68.7 Å². The minimum atomic E-state index is 0.395. The zero-order valence-corrected chi connectivity index (χ0v) is 7.47. The quantitative estimate of drug-likeness (QED) is 0.571. The summed E-state index contributed by atoms with van der Waals surface area (Å²) in [4.78, 5) is 4.35. The summed E-state index contributed by atoms with van der Waals surface area (Å²) in [7, 11) is 0. The molecule has 0 radical (unpaired) electrons. The second-order valence-corrected chi connectivity index (χ2v) is 3.14. The van der Waals surface area contributed by atoms with Crippen LogP contribution in [0.4, 0.5) is 0 Å². The Kier molecular flexibility index (Phi) is 3.40. The van der Waals surface area contributed by atoms with E-state index in [1.54, 1.807) is 0 Å². The molecule has 0 spiro atoms. The van der Waals surface area contributed by atoms with Gasteiger partial charge in [-0.3, -0.25) is 0 Å². The summed E-state index contributed by atoms with van der Waals surface area (Å²) in [5.41, 5.74) is 0. The predicted octanol–water partition coefficient (Wildman–Crippen LogP) is 2.38. The van der Waals surface area contributed by atoms with Gasteiger partial charge in [0.1, 0.15) is 6.61 Å². The SMILES string of the molecule is CCCCCC1=NC(C)CO1. The molecule has 0 saturated carbocycles. The highest BCUT2D eigenvalue weighted by Gasteiger charge is 2.12. The van der Waals surface area contributed by atoms with Crippen LogP contribution in [0.15, 0.2) is 4.99 Å². The fourth-order valence-electron chi connectivity index (χ4n) is 1.20. The van der Waals surface area contributed by atoms with Gasteiger partial charge in [0.25, 0.3) is 0 Å². The number of aliphatic imine (C=N–C) groups is 1. The largest absolute Gasteiger partial charge is 0.479 e. The van der Waals surface area contributed by atoms with E-state index in [0.717, 1.165) is 18.9 Å². The van der Waals surface area contributed by atoms with Crippen molar-refractivity contribution in [2.45, 2.75) is 45.6 Å². The molecule has 0 saturated heterocycles. The lowest BCUT2D eigenvalue weighted by Gasteiger charge is -1.98. The molecule has 0 bridgehead atoms. The number of hydrogen-bond donors (Lipinski definition) is 0. The van der Waals surface area contributed by atoms with Gasteiger partial charge in [0, 0.05) is 6.42 Å². The van der Waals surface area contributed by atoms with Crippen LogP contribution in [0, 0.1) is 0 Å². The highest BCUT2D eigenvalue weighted by Crippen LogP contribution is 2.09. The number of hydrogen-bond acceptors (Lipinski definition) is 2. The smallest absolute Gasteiger partial charge is 0.183 e. The molecule has 1 heterocycles. The molecular formula is C9H17NO. The summed E-state index contributed by atoms with van der Waals surface area (Å²) < 4.78 is 5.36. The predicted molar refractivity (Wildman–Crippen MR) is 47.0 cm³/mol. The van der Waals surface area contributed by atoms with Gasteiger partial charge in [-0.2, -0.15) is 0 Å². The molecule has 1 unspecified atom stereocenters. The molecule has 1 atom stereocenters. The first kappa shape index (κ1) is 8.57. The maximum Gasteiger partial charge on any atom is 0.183 e. The molecule has 0 aromatic heterocycles. The molecule has 0 amide bonds. The van der Waals surface area contributed by atoms with Crippen LogP contribution in [-0.2, 0) is 4.74 Å². The monoisotopic (exact) mass is 155 g/mol. The highest BCUT2D eigenvalue weighted by molar-refractivity contribution is 5.77. The van der Waals surface area contributed by atoms with E-state index in [1.165, 1.54) is 19.3 Å². The second kappa shape index (κ2) is 4.37. The first-order chi connectivity index (χ1) is 5.33. The van der Waals surface area contributed by atoms with Crippen molar-refractivity contribution in [1.29, 1.82) is 0 Å². The van der Waals surface area contributed by atoms with Crippen LogP contribution in [0.2, 0.25) is 0 Å². The van der Waals surface area contributed by atoms with Gasteiger partial charge in [-0.25, -0.2) is 4.99 Å². The standard InChI is InChI=1S/C9H17NO/c1-3-4-5-6-9-10-8(2)7-11-9/h8H,3-7H2,1-2H3. The number of ether oxygens (including phenoxy) is 1. The van der Waals surface area contributed by atoms with Crippen molar-refractivity contribution in [2.75, 3.05) is 6.61 Å². The highest BCUT2D eigenvalue weighted by atomic mass is 16.5. The zero-order valence-electron chi connectivity index (χ0n) is 7.47. The molecule has 2 nitrogen and oxygen atoms in total. The molecule has 0 aliphatic carbocycles. The van der Waals surface area contributed by atoms with Gasteiger partial charge in [0.2, 0.25) is 0 Å². The third-order valence-electron chi connectivity index (χ3n) is 1.85. The van der Waals surface area contributed by atoms with Crippen LogP contribution >= 0.6 is 0 Å². The van der Waals surface area contributed by atoms with Crippen molar-refractivity contribution in [3.8, 4) is 0 Å². The van der Waals surface area contributed by atoms with E-state index in [2.05, 4.69) is 18.8 Å². The third-order valence-corrected chi connectivity index (χ3v) is 1.85. The van der Waals surface area contributed by atoms with Gasteiger partial charge in [-0.15, -0.1) is 0 Å². The van der Waals surface area contributed by atoms with Crippen molar-refractivity contribution in [2.24, 2.45) is 4.99 Å². The topological polar surface area (TPSA) is 21.6 Å². The van der Waals surface area contributed by atoms with Gasteiger partial charge in [0.05, 0.1) is 6.04 Å². The summed E-state index contributed by atoms with van der Waals surface area (Å²) in [6.07, 6.45) is 4.82. The van der Waals surface area contributed by atoms with Crippen molar-refractivity contribution in [3.05, 3.63) is 0 Å². The summed E-state index contributed by atoms with van der Waals surface area (Å²) in [5.74, 6) is 0.978. The molecule has 64 valence electrons. The van der Waals surface area contributed by atoms with Crippen LogP contribution in [0.1, 0.15) is 39.5 Å². The van der Waals surface area contributed by atoms with E-state index >= 15 is 0 Å².